The molecule has 2 aliphatic rings. The van der Waals surface area contributed by atoms with Gasteiger partial charge in [0.25, 0.3) is 5.91 Å². The van der Waals surface area contributed by atoms with Gasteiger partial charge < -0.3 is 20.1 Å². The predicted molar refractivity (Wildman–Crippen MR) is 136 cm³/mol. The Kier molecular flexibility index (Phi) is 7.18. The first kappa shape index (κ1) is 26.2. The first-order valence-corrected chi connectivity index (χ1v) is 12.6. The van der Waals surface area contributed by atoms with Gasteiger partial charge in [0.2, 0.25) is 5.95 Å². The Morgan fingerprint density at radius 2 is 1.92 bits per heavy atom. The van der Waals surface area contributed by atoms with Gasteiger partial charge in [-0.25, -0.2) is 4.98 Å². The van der Waals surface area contributed by atoms with Crippen molar-refractivity contribution >= 4 is 23.3 Å². The van der Waals surface area contributed by atoms with Crippen molar-refractivity contribution in [1.29, 1.82) is 5.26 Å². The summed E-state index contributed by atoms with van der Waals surface area (Å²) in [6.07, 6.45) is 1.39. The van der Waals surface area contributed by atoms with Crippen molar-refractivity contribution in [3.63, 3.8) is 0 Å². The summed E-state index contributed by atoms with van der Waals surface area (Å²) in [5, 5.41) is 21.7. The van der Waals surface area contributed by atoms with E-state index in [9.17, 15) is 14.3 Å². The van der Waals surface area contributed by atoms with Gasteiger partial charge in [0.15, 0.2) is 0 Å². The van der Waals surface area contributed by atoms with Crippen LogP contribution in [-0.2, 0) is 0 Å². The molecule has 2 aromatic rings. The summed E-state index contributed by atoms with van der Waals surface area (Å²) >= 11 is 6.16. The van der Waals surface area contributed by atoms with Crippen LogP contribution in [0.25, 0.3) is 0 Å². The average Bonchev–Trinajstić information content (AvgIpc) is 2.85. The van der Waals surface area contributed by atoms with Gasteiger partial charge in [0.1, 0.15) is 23.7 Å². The molecular formula is C27H32ClFN4O3. The van der Waals surface area contributed by atoms with Crippen molar-refractivity contribution in [3.05, 3.63) is 52.4 Å². The number of rotatable bonds is 6. The largest absolute Gasteiger partial charge is 0.489 e. The van der Waals surface area contributed by atoms with Crippen LogP contribution in [0.4, 0.5) is 10.2 Å². The number of halogens is 2. The number of aliphatic hydroxyl groups excluding tert-OH is 1. The van der Waals surface area contributed by atoms with Crippen LogP contribution >= 0.6 is 11.6 Å². The molecule has 1 aromatic heterocycles. The van der Waals surface area contributed by atoms with E-state index in [4.69, 9.17) is 21.6 Å². The fraction of sp³-hybridized carbons (Fsp3) is 0.519. The Morgan fingerprint density at radius 3 is 2.47 bits per heavy atom. The van der Waals surface area contributed by atoms with Crippen LogP contribution in [0, 0.1) is 34.0 Å². The van der Waals surface area contributed by atoms with E-state index < -0.39 is 22.7 Å². The van der Waals surface area contributed by atoms with Gasteiger partial charge in [-0.1, -0.05) is 39.3 Å². The van der Waals surface area contributed by atoms with Crippen LogP contribution in [0.5, 0.6) is 5.75 Å². The Hall–Kier alpha value is -2.89. The smallest absolute Gasteiger partial charge is 0.256 e. The van der Waals surface area contributed by atoms with Crippen molar-refractivity contribution in [2.75, 3.05) is 24.6 Å². The average molecular weight is 515 g/mol. The zero-order chi connectivity index (χ0) is 26.3. The fourth-order valence-electron chi connectivity index (χ4n) is 5.92. The number of piperidine rings is 1. The third-order valence-corrected chi connectivity index (χ3v) is 8.02. The molecule has 1 aliphatic heterocycles. The third-order valence-electron chi connectivity index (χ3n) is 7.71. The molecule has 192 valence electrons. The second-order valence-electron chi connectivity index (χ2n) is 10.9. The topological polar surface area (TPSA) is 98.5 Å². The van der Waals surface area contributed by atoms with Crippen molar-refractivity contribution in [2.45, 2.75) is 52.7 Å². The highest BCUT2D eigenvalue weighted by molar-refractivity contribution is 6.31. The third kappa shape index (κ3) is 4.74. The zero-order valence-electron chi connectivity index (χ0n) is 21.0. The second-order valence-corrected chi connectivity index (χ2v) is 11.3. The molecule has 2 N–H and O–H groups in total. The molecule has 1 saturated heterocycles. The molecule has 0 atom stereocenters. The van der Waals surface area contributed by atoms with Crippen LogP contribution in [0.1, 0.15) is 56.5 Å². The monoisotopic (exact) mass is 514 g/mol. The number of nitrogens with one attached hydrogen (secondary N) is 1. The lowest BCUT2D eigenvalue weighted by atomic mass is 9.49. The number of pyridine rings is 1. The van der Waals surface area contributed by atoms with Crippen molar-refractivity contribution in [1.82, 2.24) is 10.3 Å². The highest BCUT2D eigenvalue weighted by Crippen LogP contribution is 2.55. The number of benzene rings is 1. The predicted octanol–water partition coefficient (Wildman–Crippen LogP) is 4.57. The molecule has 2 fully saturated rings. The summed E-state index contributed by atoms with van der Waals surface area (Å²) in [5.74, 6) is -0.00379. The lowest BCUT2D eigenvalue weighted by Crippen LogP contribution is -2.74. The SMILES string of the molecule is CC1(C)C(NC(=O)c2ccc(N3CCC(CO)CC3)nc2F)C(C)(C)C1Oc1ccc(C#N)c(Cl)c1. The number of nitrogens with zero attached hydrogens (tertiary/aromatic N) is 3. The maximum absolute atomic E-state index is 14.9. The van der Waals surface area contributed by atoms with E-state index in [1.165, 1.54) is 6.07 Å². The van der Waals surface area contributed by atoms with E-state index in [1.54, 1.807) is 24.3 Å². The second kappa shape index (κ2) is 9.87. The van der Waals surface area contributed by atoms with E-state index in [0.29, 0.717) is 35.2 Å². The van der Waals surface area contributed by atoms with Crippen LogP contribution in [0.2, 0.25) is 5.02 Å². The van der Waals surface area contributed by atoms with E-state index >= 15 is 0 Å². The molecule has 1 amide bonds. The zero-order valence-corrected chi connectivity index (χ0v) is 21.8. The van der Waals surface area contributed by atoms with Gasteiger partial charge >= 0.3 is 0 Å². The first-order chi connectivity index (χ1) is 17.0. The minimum atomic E-state index is -0.802. The molecule has 36 heavy (non-hydrogen) atoms. The molecule has 7 nitrogen and oxygen atoms in total. The quantitative estimate of drug-likeness (QED) is 0.548. The van der Waals surface area contributed by atoms with Crippen molar-refractivity contribution in [3.8, 4) is 11.8 Å². The molecule has 0 unspecified atom stereocenters. The molecule has 1 aromatic carbocycles. The van der Waals surface area contributed by atoms with Gasteiger partial charge in [-0.2, -0.15) is 9.65 Å². The van der Waals surface area contributed by atoms with Crippen LogP contribution in [0.15, 0.2) is 30.3 Å². The van der Waals surface area contributed by atoms with Gasteiger partial charge in [-0.15, -0.1) is 0 Å². The molecule has 1 saturated carbocycles. The standard InChI is InChI=1S/C27H32ClFN4O3/c1-26(2)24(27(3,4)25(26)36-18-6-5-17(14-30)20(28)13-18)32-23(35)19-7-8-21(31-22(19)29)33-11-9-16(15-34)10-12-33/h5-8,13,16,24-25,34H,9-12,15H2,1-4H3,(H,32,35). The summed E-state index contributed by atoms with van der Waals surface area (Å²) < 4.78 is 21.2. The summed E-state index contributed by atoms with van der Waals surface area (Å²) in [5.41, 5.74) is -0.641. The summed E-state index contributed by atoms with van der Waals surface area (Å²) in [6.45, 7) is 9.52. The Balaban J connectivity index is 1.44. The first-order valence-electron chi connectivity index (χ1n) is 12.2. The highest BCUT2D eigenvalue weighted by atomic mass is 35.5. The van der Waals surface area contributed by atoms with Crippen LogP contribution in [0.3, 0.4) is 0 Å². The number of hydrogen-bond donors (Lipinski definition) is 2. The van der Waals surface area contributed by atoms with Crippen LogP contribution < -0.4 is 15.0 Å². The van der Waals surface area contributed by atoms with Crippen molar-refractivity contribution < 1.29 is 19.0 Å². The normalized spacial score (nSPS) is 22.9. The van der Waals surface area contributed by atoms with Gasteiger partial charge in [0.05, 0.1) is 16.1 Å². The number of aromatic nitrogens is 1. The highest BCUT2D eigenvalue weighted by Gasteiger charge is 2.64. The Morgan fingerprint density at radius 1 is 1.25 bits per heavy atom. The van der Waals surface area contributed by atoms with E-state index in [2.05, 4.69) is 10.3 Å². The number of nitriles is 1. The minimum absolute atomic E-state index is 0.0983. The van der Waals surface area contributed by atoms with E-state index in [1.807, 2.05) is 38.7 Å². The number of amides is 1. The van der Waals surface area contributed by atoms with Crippen LogP contribution in [-0.4, -0.2) is 47.8 Å². The molecule has 1 aliphatic carbocycles. The summed E-state index contributed by atoms with van der Waals surface area (Å²) in [6, 6.07) is 9.84. The number of anilines is 1. The fourth-order valence-corrected chi connectivity index (χ4v) is 6.13. The number of hydrogen-bond acceptors (Lipinski definition) is 6. The summed E-state index contributed by atoms with van der Waals surface area (Å²) in [4.78, 5) is 19.1. The van der Waals surface area contributed by atoms with Gasteiger partial charge in [-0.3, -0.25) is 4.79 Å². The molecule has 0 spiro atoms. The Bertz CT molecular complexity index is 1170. The molecule has 0 bridgehead atoms. The lowest BCUT2D eigenvalue weighted by molar-refractivity contribution is -0.164. The van der Waals surface area contributed by atoms with Crippen molar-refractivity contribution in [2.24, 2.45) is 16.7 Å². The number of aliphatic hydroxyl groups is 1. The maximum Gasteiger partial charge on any atom is 0.256 e. The molecule has 0 radical (unpaired) electrons. The Labute approximate surface area is 216 Å². The number of ether oxygens (including phenoxy) is 1. The minimum Gasteiger partial charge on any atom is -0.489 e. The van der Waals surface area contributed by atoms with E-state index in [0.717, 1.165) is 12.8 Å². The van der Waals surface area contributed by atoms with E-state index in [-0.39, 0.29) is 30.2 Å². The number of carbonyl (C=O) groups is 1. The molecular weight excluding hydrogens is 483 g/mol. The molecule has 4 rings (SSSR count). The van der Waals surface area contributed by atoms with Gasteiger partial charge in [0, 0.05) is 42.6 Å². The van der Waals surface area contributed by atoms with Gasteiger partial charge in [-0.05, 0) is 43.0 Å². The maximum atomic E-state index is 14.9. The molecule has 2 heterocycles. The molecule has 9 heteroatoms. The summed E-state index contributed by atoms with van der Waals surface area (Å²) in [7, 11) is 0. The number of carbonyl (C=O) groups excluding carboxylic acids is 1. The lowest BCUT2D eigenvalue weighted by Gasteiger charge is -2.63.